The van der Waals surface area contributed by atoms with Crippen molar-refractivity contribution < 1.29 is 19.8 Å². The first kappa shape index (κ1) is 34.6. The van der Waals surface area contributed by atoms with Crippen LogP contribution < -0.4 is 5.32 Å². The van der Waals surface area contributed by atoms with Crippen LogP contribution in [0.5, 0.6) is 0 Å². The molecule has 1 heterocycles. The number of allylic oxidation sites excluding steroid dienone is 4. The van der Waals surface area contributed by atoms with E-state index in [0.717, 1.165) is 58.6 Å². The minimum atomic E-state index is -1.16. The third-order valence-corrected chi connectivity index (χ3v) is 15.5. The molecule has 0 aliphatic heterocycles. The van der Waals surface area contributed by atoms with E-state index in [1.807, 2.05) is 91.5 Å². The smallest absolute Gasteiger partial charge is 0.318 e. The Labute approximate surface area is 306 Å². The summed E-state index contributed by atoms with van der Waals surface area (Å²) < 4.78 is 0. The van der Waals surface area contributed by atoms with Gasteiger partial charge in [0.2, 0.25) is 0 Å². The number of hydrogen-bond acceptors (Lipinski definition) is 5. The van der Waals surface area contributed by atoms with Gasteiger partial charge < -0.3 is 20.4 Å². The lowest BCUT2D eigenvalue weighted by molar-refractivity contribution is -0.174. The van der Waals surface area contributed by atoms with E-state index in [4.69, 9.17) is 0 Å². The topological polar surface area (TPSA) is 89.9 Å². The molecule has 51 heavy (non-hydrogen) atoms. The quantitative estimate of drug-likeness (QED) is 0.162. The van der Waals surface area contributed by atoms with Crippen LogP contribution in [0, 0.1) is 40.4 Å². The van der Waals surface area contributed by atoms with E-state index in [0.29, 0.717) is 19.4 Å². The van der Waals surface area contributed by atoms with Crippen LogP contribution >= 0.6 is 11.3 Å². The van der Waals surface area contributed by atoms with Crippen LogP contribution in [0.15, 0.2) is 96.6 Å². The summed E-state index contributed by atoms with van der Waals surface area (Å²) in [6.07, 6.45) is 12.0. The molecular formula is C44H52N2O4S. The number of carbonyl (C=O) groups excluding carboxylic acids is 2. The molecule has 2 amide bonds. The monoisotopic (exact) mass is 704 g/mol. The fourth-order valence-electron chi connectivity index (χ4n) is 11.7. The standard InChI is InChI=1S/C44H52N2O4S/c1-29-15-16-35(51-29)38(48)34-26-42-23-24-44(34)36(40(42,3)20-17-33(47)25-42)18-21-41(4)37(44)19-22-43(41,50)28-46(27-31-11-7-5-8-12-31)39(49)45-30(2)32-13-9-6-10-14-32/h5-16,23-24,26,30,33,36-37,47,50H,17-22,25,27-28H2,1-4H3,(H,45,49)/t30-,33?,36-,37-,40-,41+,42+,43-,44-/m1/s1. The lowest BCUT2D eigenvalue weighted by atomic mass is 9.32. The minimum absolute atomic E-state index is 0.0214. The van der Waals surface area contributed by atoms with Crippen molar-refractivity contribution in [3.8, 4) is 0 Å². The highest BCUT2D eigenvalue weighted by Crippen LogP contribution is 2.78. The number of nitrogens with one attached hydrogen (secondary N) is 1. The summed E-state index contributed by atoms with van der Waals surface area (Å²) in [5, 5.41) is 27.3. The number of ketones is 1. The third-order valence-electron chi connectivity index (χ3n) is 14.5. The van der Waals surface area contributed by atoms with Gasteiger partial charge in [-0.3, -0.25) is 4.79 Å². The van der Waals surface area contributed by atoms with Crippen molar-refractivity contribution in [2.75, 3.05) is 6.54 Å². The highest BCUT2D eigenvalue weighted by atomic mass is 32.1. The maximum absolute atomic E-state index is 14.8. The molecule has 1 unspecified atom stereocenters. The molecule has 9 atom stereocenters. The summed E-state index contributed by atoms with van der Waals surface area (Å²) in [6.45, 7) is 9.30. The van der Waals surface area contributed by atoms with Gasteiger partial charge in [-0.25, -0.2) is 4.79 Å². The fraction of sp³-hybridized carbons (Fsp3) is 0.500. The molecule has 1 aromatic heterocycles. The van der Waals surface area contributed by atoms with Gasteiger partial charge in [-0.1, -0.05) is 92.7 Å². The van der Waals surface area contributed by atoms with Crippen LogP contribution in [-0.4, -0.2) is 45.2 Å². The van der Waals surface area contributed by atoms with E-state index in [2.05, 4.69) is 37.4 Å². The molecule has 268 valence electrons. The molecular weight excluding hydrogens is 653 g/mol. The van der Waals surface area contributed by atoms with Crippen molar-refractivity contribution >= 4 is 23.2 Å². The van der Waals surface area contributed by atoms with Gasteiger partial charge in [0.1, 0.15) is 0 Å². The average Bonchev–Trinajstić information content (AvgIpc) is 3.68. The predicted molar refractivity (Wildman–Crippen MR) is 202 cm³/mol. The molecule has 6 aliphatic rings. The molecule has 3 aromatic rings. The van der Waals surface area contributed by atoms with E-state index in [9.17, 15) is 19.8 Å². The van der Waals surface area contributed by atoms with Gasteiger partial charge in [-0.15, -0.1) is 11.3 Å². The Kier molecular flexibility index (Phi) is 8.32. The van der Waals surface area contributed by atoms with Crippen LogP contribution in [0.25, 0.3) is 0 Å². The number of aliphatic hydroxyl groups is 2. The Bertz CT molecular complexity index is 1890. The number of fused-ring (bicyclic) bond motifs is 1. The number of hydrogen-bond donors (Lipinski definition) is 3. The molecule has 0 saturated heterocycles. The second-order valence-corrected chi connectivity index (χ2v) is 18.3. The van der Waals surface area contributed by atoms with E-state index >= 15 is 0 Å². The second kappa shape index (κ2) is 12.3. The summed E-state index contributed by atoms with van der Waals surface area (Å²) in [6, 6.07) is 23.6. The SMILES string of the molecule is Cc1ccc(C(=O)C2=C[C@@]34C=C[C@@]25[C@@H]2CC[C@@](O)(CN(Cc6ccccc6)C(=O)N[C@H](C)c6ccccc6)[C@@]2(C)CC[C@@H]5[C@@]3(C)CCC(O)C4)s1. The van der Waals surface area contributed by atoms with Gasteiger partial charge in [0.05, 0.1) is 29.2 Å². The predicted octanol–water partition coefficient (Wildman–Crippen LogP) is 8.80. The summed E-state index contributed by atoms with van der Waals surface area (Å²) >= 11 is 1.55. The van der Waals surface area contributed by atoms with Gasteiger partial charge >= 0.3 is 6.03 Å². The highest BCUT2D eigenvalue weighted by Gasteiger charge is 2.74. The van der Waals surface area contributed by atoms with Gasteiger partial charge in [-0.05, 0) is 99.3 Å². The van der Waals surface area contributed by atoms with E-state index < -0.39 is 16.4 Å². The zero-order valence-electron chi connectivity index (χ0n) is 30.4. The first-order valence-corrected chi connectivity index (χ1v) is 19.8. The molecule has 3 fully saturated rings. The van der Waals surface area contributed by atoms with Gasteiger partial charge in [-0.2, -0.15) is 0 Å². The Hall–Kier alpha value is -3.52. The van der Waals surface area contributed by atoms with Crippen molar-refractivity contribution in [3.63, 3.8) is 0 Å². The number of Topliss-reactive ketones (excluding diaryl/α,β-unsaturated/α-hetero) is 1. The maximum atomic E-state index is 14.8. The molecule has 3 N–H and O–H groups in total. The number of amides is 2. The summed E-state index contributed by atoms with van der Waals surface area (Å²) in [4.78, 5) is 32.7. The molecule has 0 radical (unpaired) electrons. The largest absolute Gasteiger partial charge is 0.393 e. The zero-order chi connectivity index (χ0) is 35.8. The minimum Gasteiger partial charge on any atom is -0.393 e. The Morgan fingerprint density at radius 3 is 2.27 bits per heavy atom. The summed E-state index contributed by atoms with van der Waals surface area (Å²) in [7, 11) is 0. The average molecular weight is 705 g/mol. The normalized spacial score (nSPS) is 36.7. The number of rotatable bonds is 8. The molecule has 6 aliphatic carbocycles. The van der Waals surface area contributed by atoms with Crippen LogP contribution in [0.2, 0.25) is 0 Å². The number of benzene rings is 2. The molecule has 9 rings (SSSR count). The molecule has 2 aromatic carbocycles. The number of nitrogens with zero attached hydrogens (tertiary/aromatic N) is 1. The van der Waals surface area contributed by atoms with Crippen LogP contribution in [0.3, 0.4) is 0 Å². The number of aliphatic hydroxyl groups excluding tert-OH is 1. The Morgan fingerprint density at radius 2 is 1.57 bits per heavy atom. The number of thiophene rings is 1. The maximum Gasteiger partial charge on any atom is 0.318 e. The van der Waals surface area contributed by atoms with Crippen molar-refractivity contribution in [1.29, 1.82) is 0 Å². The first-order chi connectivity index (χ1) is 24.3. The molecule has 7 heteroatoms. The third kappa shape index (κ3) is 5.16. The fourth-order valence-corrected chi connectivity index (χ4v) is 12.5. The van der Waals surface area contributed by atoms with Crippen molar-refractivity contribution in [3.05, 3.63) is 117 Å². The van der Waals surface area contributed by atoms with E-state index in [1.165, 1.54) is 0 Å². The zero-order valence-corrected chi connectivity index (χ0v) is 31.2. The highest BCUT2D eigenvalue weighted by molar-refractivity contribution is 7.14. The van der Waals surface area contributed by atoms with Crippen molar-refractivity contribution in [2.24, 2.45) is 33.5 Å². The summed E-state index contributed by atoms with van der Waals surface area (Å²) in [5.41, 5.74) is 0.234. The van der Waals surface area contributed by atoms with Crippen molar-refractivity contribution in [1.82, 2.24) is 10.2 Å². The molecule has 2 spiro atoms. The van der Waals surface area contributed by atoms with Crippen LogP contribution in [-0.2, 0) is 6.54 Å². The Balaban J connectivity index is 1.17. The van der Waals surface area contributed by atoms with Gasteiger partial charge in [0.15, 0.2) is 5.78 Å². The van der Waals surface area contributed by atoms with Crippen LogP contribution in [0.4, 0.5) is 4.79 Å². The number of aryl methyl sites for hydroxylation is 1. The lowest BCUT2D eigenvalue weighted by Crippen LogP contribution is -2.67. The number of urea groups is 1. The molecule has 6 nitrogen and oxygen atoms in total. The van der Waals surface area contributed by atoms with Gasteiger partial charge in [0.25, 0.3) is 0 Å². The van der Waals surface area contributed by atoms with Gasteiger partial charge in [0, 0.05) is 33.2 Å². The number of carbonyl (C=O) groups is 2. The second-order valence-electron chi connectivity index (χ2n) is 17.0. The van der Waals surface area contributed by atoms with E-state index in [-0.39, 0.29) is 53.2 Å². The molecule has 2 bridgehead atoms. The van der Waals surface area contributed by atoms with Crippen molar-refractivity contribution in [2.45, 2.75) is 96.9 Å². The lowest BCUT2D eigenvalue weighted by Gasteiger charge is -2.71. The van der Waals surface area contributed by atoms with Crippen LogP contribution in [0.1, 0.15) is 97.4 Å². The Morgan fingerprint density at radius 1 is 0.902 bits per heavy atom. The summed E-state index contributed by atoms with van der Waals surface area (Å²) in [5.74, 6) is 0.347. The van der Waals surface area contributed by atoms with E-state index in [1.54, 1.807) is 11.3 Å². The molecule has 3 saturated carbocycles. The first-order valence-electron chi connectivity index (χ1n) is 18.9.